The van der Waals surface area contributed by atoms with Crippen LogP contribution in [0.15, 0.2) is 42.5 Å². The molecule has 2 aromatic carbocycles. The monoisotopic (exact) mass is 363 g/mol. The number of aryl methyl sites for hydroxylation is 2. The first-order valence-corrected chi connectivity index (χ1v) is 8.35. The van der Waals surface area contributed by atoms with E-state index in [1.54, 1.807) is 18.2 Å². The van der Waals surface area contributed by atoms with E-state index in [1.807, 2.05) is 38.1 Å². The molecular weight excluding hydrogens is 342 g/mol. The van der Waals surface area contributed by atoms with Gasteiger partial charge < -0.3 is 19.9 Å². The number of aliphatic hydroxyl groups excluding tert-OH is 1. The molecule has 1 amide bonds. The maximum atomic E-state index is 11.8. The Bertz CT molecular complexity index is 720. The van der Waals surface area contributed by atoms with Gasteiger partial charge in [-0.15, -0.1) is 0 Å². The van der Waals surface area contributed by atoms with Crippen LogP contribution in [0, 0.1) is 13.8 Å². The molecule has 0 aliphatic heterocycles. The van der Waals surface area contributed by atoms with Crippen molar-refractivity contribution in [3.8, 4) is 11.5 Å². The SMILES string of the molecule is Cc1cccc(OCC(O)CNC(=O)COc2ccc(Cl)cc2C)c1. The van der Waals surface area contributed by atoms with Gasteiger partial charge in [0, 0.05) is 11.6 Å². The summed E-state index contributed by atoms with van der Waals surface area (Å²) < 4.78 is 10.9. The fourth-order valence-corrected chi connectivity index (χ4v) is 2.38. The fourth-order valence-electron chi connectivity index (χ4n) is 2.16. The van der Waals surface area contributed by atoms with Crippen LogP contribution in [-0.2, 0) is 4.79 Å². The van der Waals surface area contributed by atoms with Gasteiger partial charge in [-0.05, 0) is 55.3 Å². The molecule has 0 fully saturated rings. The lowest BCUT2D eigenvalue weighted by Crippen LogP contribution is -2.37. The lowest BCUT2D eigenvalue weighted by Gasteiger charge is -2.14. The first kappa shape index (κ1) is 19.1. The van der Waals surface area contributed by atoms with Gasteiger partial charge in [0.1, 0.15) is 24.2 Å². The number of hydrogen-bond donors (Lipinski definition) is 2. The van der Waals surface area contributed by atoms with Gasteiger partial charge in [0.15, 0.2) is 6.61 Å². The molecule has 0 heterocycles. The summed E-state index contributed by atoms with van der Waals surface area (Å²) in [6.45, 7) is 3.87. The van der Waals surface area contributed by atoms with Crippen LogP contribution in [0.25, 0.3) is 0 Å². The Morgan fingerprint density at radius 1 is 1.20 bits per heavy atom. The molecule has 0 saturated heterocycles. The largest absolute Gasteiger partial charge is 0.491 e. The number of hydrogen-bond acceptors (Lipinski definition) is 4. The lowest BCUT2D eigenvalue weighted by molar-refractivity contribution is -0.123. The number of carbonyl (C=O) groups excluding carboxylic acids is 1. The maximum absolute atomic E-state index is 11.8. The van der Waals surface area contributed by atoms with E-state index < -0.39 is 6.10 Å². The minimum absolute atomic E-state index is 0.0909. The lowest BCUT2D eigenvalue weighted by atomic mass is 10.2. The Morgan fingerprint density at radius 2 is 2.00 bits per heavy atom. The number of rotatable bonds is 8. The van der Waals surface area contributed by atoms with E-state index in [1.165, 1.54) is 0 Å². The van der Waals surface area contributed by atoms with Crippen LogP contribution in [0.1, 0.15) is 11.1 Å². The third-order valence-electron chi connectivity index (χ3n) is 3.46. The summed E-state index contributed by atoms with van der Waals surface area (Å²) in [4.78, 5) is 11.8. The highest BCUT2D eigenvalue weighted by Crippen LogP contribution is 2.21. The van der Waals surface area contributed by atoms with Crippen molar-refractivity contribution in [2.24, 2.45) is 0 Å². The van der Waals surface area contributed by atoms with Gasteiger partial charge in [-0.25, -0.2) is 0 Å². The van der Waals surface area contributed by atoms with Gasteiger partial charge in [0.25, 0.3) is 5.91 Å². The molecule has 2 N–H and O–H groups in total. The second kappa shape index (κ2) is 9.30. The van der Waals surface area contributed by atoms with Gasteiger partial charge in [-0.2, -0.15) is 0 Å². The normalized spacial score (nSPS) is 11.7. The molecule has 6 heteroatoms. The summed E-state index contributed by atoms with van der Waals surface area (Å²) in [5, 5.41) is 13.1. The van der Waals surface area contributed by atoms with E-state index >= 15 is 0 Å². The molecule has 1 unspecified atom stereocenters. The summed E-state index contributed by atoms with van der Waals surface area (Å²) in [6, 6.07) is 12.7. The summed E-state index contributed by atoms with van der Waals surface area (Å²) in [5.74, 6) is 0.971. The number of nitrogens with one attached hydrogen (secondary N) is 1. The topological polar surface area (TPSA) is 67.8 Å². The van der Waals surface area contributed by atoms with Crippen LogP contribution in [0.2, 0.25) is 5.02 Å². The predicted octanol–water partition coefficient (Wildman–Crippen LogP) is 2.89. The molecule has 5 nitrogen and oxygen atoms in total. The minimum Gasteiger partial charge on any atom is -0.491 e. The average molecular weight is 364 g/mol. The average Bonchev–Trinajstić information content (AvgIpc) is 2.57. The van der Waals surface area contributed by atoms with Crippen LogP contribution >= 0.6 is 11.6 Å². The smallest absolute Gasteiger partial charge is 0.258 e. The molecule has 0 aromatic heterocycles. The Labute approximate surface area is 152 Å². The van der Waals surface area contributed by atoms with Crippen molar-refractivity contribution < 1.29 is 19.4 Å². The molecule has 0 saturated carbocycles. The number of benzene rings is 2. The molecule has 0 aliphatic rings. The molecule has 0 radical (unpaired) electrons. The summed E-state index contributed by atoms with van der Waals surface area (Å²) >= 11 is 5.87. The zero-order valence-corrected chi connectivity index (χ0v) is 15.0. The van der Waals surface area contributed by atoms with Gasteiger partial charge >= 0.3 is 0 Å². The van der Waals surface area contributed by atoms with Crippen LogP contribution in [0.4, 0.5) is 0 Å². The van der Waals surface area contributed by atoms with Crippen LogP contribution in [0.5, 0.6) is 11.5 Å². The van der Waals surface area contributed by atoms with Gasteiger partial charge in [-0.1, -0.05) is 23.7 Å². The quantitative estimate of drug-likeness (QED) is 0.756. The highest BCUT2D eigenvalue weighted by molar-refractivity contribution is 6.30. The molecule has 1 atom stereocenters. The van der Waals surface area contributed by atoms with Gasteiger partial charge in [0.2, 0.25) is 0 Å². The van der Waals surface area contributed by atoms with Gasteiger partial charge in [-0.3, -0.25) is 4.79 Å². The van der Waals surface area contributed by atoms with Crippen molar-refractivity contribution in [2.75, 3.05) is 19.8 Å². The number of halogens is 1. The molecule has 0 aliphatic carbocycles. The van der Waals surface area contributed by atoms with Crippen molar-refractivity contribution in [3.63, 3.8) is 0 Å². The second-order valence-electron chi connectivity index (χ2n) is 5.78. The highest BCUT2D eigenvalue weighted by Gasteiger charge is 2.09. The summed E-state index contributed by atoms with van der Waals surface area (Å²) in [6.07, 6.45) is -0.804. The first-order valence-electron chi connectivity index (χ1n) is 7.97. The van der Waals surface area contributed by atoms with Crippen molar-refractivity contribution >= 4 is 17.5 Å². The molecule has 134 valence electrons. The molecule has 2 aromatic rings. The van der Waals surface area contributed by atoms with E-state index in [0.29, 0.717) is 16.5 Å². The zero-order valence-electron chi connectivity index (χ0n) is 14.3. The second-order valence-corrected chi connectivity index (χ2v) is 6.22. The highest BCUT2D eigenvalue weighted by atomic mass is 35.5. The predicted molar refractivity (Wildman–Crippen MR) is 97.4 cm³/mol. The van der Waals surface area contributed by atoms with E-state index in [4.69, 9.17) is 21.1 Å². The minimum atomic E-state index is -0.804. The van der Waals surface area contributed by atoms with Crippen LogP contribution in [0.3, 0.4) is 0 Å². The van der Waals surface area contributed by atoms with E-state index in [0.717, 1.165) is 11.1 Å². The number of carbonyl (C=O) groups is 1. The molecule has 25 heavy (non-hydrogen) atoms. The van der Waals surface area contributed by atoms with E-state index in [2.05, 4.69) is 5.32 Å². The van der Waals surface area contributed by atoms with Crippen LogP contribution < -0.4 is 14.8 Å². The summed E-state index contributed by atoms with van der Waals surface area (Å²) in [5.41, 5.74) is 1.93. The Balaban J connectivity index is 1.68. The van der Waals surface area contributed by atoms with E-state index in [-0.39, 0.29) is 25.7 Å². The number of ether oxygens (including phenoxy) is 2. The van der Waals surface area contributed by atoms with Crippen LogP contribution in [-0.4, -0.2) is 36.9 Å². The van der Waals surface area contributed by atoms with Crippen molar-refractivity contribution in [1.82, 2.24) is 5.32 Å². The molecule has 0 bridgehead atoms. The fraction of sp³-hybridized carbons (Fsp3) is 0.316. The molecule has 2 rings (SSSR count). The van der Waals surface area contributed by atoms with Crippen molar-refractivity contribution in [1.29, 1.82) is 0 Å². The number of amides is 1. The third-order valence-corrected chi connectivity index (χ3v) is 3.70. The first-order chi connectivity index (χ1) is 11.9. The Kier molecular flexibility index (Phi) is 7.10. The maximum Gasteiger partial charge on any atom is 0.258 e. The van der Waals surface area contributed by atoms with Crippen molar-refractivity contribution in [3.05, 3.63) is 58.6 Å². The zero-order chi connectivity index (χ0) is 18.2. The molecular formula is C19H22ClNO4. The third kappa shape index (κ3) is 6.64. The molecule has 0 spiro atoms. The summed E-state index contributed by atoms with van der Waals surface area (Å²) in [7, 11) is 0. The number of aliphatic hydroxyl groups is 1. The van der Waals surface area contributed by atoms with Crippen molar-refractivity contribution in [2.45, 2.75) is 20.0 Å². The Hall–Kier alpha value is -2.24. The standard InChI is InChI=1S/C19H22ClNO4/c1-13-4-3-5-17(8-13)24-11-16(22)10-21-19(23)12-25-18-7-6-15(20)9-14(18)2/h3-9,16,22H,10-12H2,1-2H3,(H,21,23). The Morgan fingerprint density at radius 3 is 2.72 bits per heavy atom. The van der Waals surface area contributed by atoms with Gasteiger partial charge in [0.05, 0.1) is 0 Å². The van der Waals surface area contributed by atoms with E-state index in [9.17, 15) is 9.90 Å².